The summed E-state index contributed by atoms with van der Waals surface area (Å²) in [7, 11) is 0. The number of aromatic nitrogens is 2. The van der Waals surface area contributed by atoms with Crippen LogP contribution in [0.2, 0.25) is 0 Å². The lowest BCUT2D eigenvalue weighted by molar-refractivity contribution is 0.221. The third kappa shape index (κ3) is 4.33. The Morgan fingerprint density at radius 2 is 1.58 bits per heavy atom. The highest BCUT2D eigenvalue weighted by atomic mass is 15.3. The zero-order chi connectivity index (χ0) is 17.6. The van der Waals surface area contributed by atoms with Gasteiger partial charge in [-0.1, -0.05) is 48.5 Å². The average Bonchev–Trinajstić information content (AvgIpc) is 3.17. The molecular formula is C22H26N4. The van der Waals surface area contributed by atoms with Gasteiger partial charge in [0.25, 0.3) is 0 Å². The van der Waals surface area contributed by atoms with Crippen LogP contribution >= 0.6 is 0 Å². The van der Waals surface area contributed by atoms with E-state index >= 15 is 0 Å². The Morgan fingerprint density at radius 3 is 2.31 bits per heavy atom. The van der Waals surface area contributed by atoms with E-state index in [1.165, 1.54) is 18.4 Å². The fourth-order valence-electron chi connectivity index (χ4n) is 3.57. The van der Waals surface area contributed by atoms with Crippen LogP contribution in [0.1, 0.15) is 18.4 Å². The highest BCUT2D eigenvalue weighted by Crippen LogP contribution is 2.17. The Morgan fingerprint density at radius 1 is 0.885 bits per heavy atom. The molecule has 0 saturated carbocycles. The molecule has 2 heterocycles. The van der Waals surface area contributed by atoms with Gasteiger partial charge >= 0.3 is 0 Å². The van der Waals surface area contributed by atoms with Crippen molar-refractivity contribution in [3.05, 3.63) is 78.5 Å². The van der Waals surface area contributed by atoms with Crippen molar-refractivity contribution in [2.45, 2.75) is 25.3 Å². The number of hydrogen-bond acceptors (Lipinski definition) is 3. The van der Waals surface area contributed by atoms with Crippen LogP contribution in [-0.2, 0) is 6.42 Å². The normalized spacial score (nSPS) is 15.8. The van der Waals surface area contributed by atoms with E-state index in [-0.39, 0.29) is 0 Å². The van der Waals surface area contributed by atoms with Gasteiger partial charge in [-0.15, -0.1) is 0 Å². The van der Waals surface area contributed by atoms with E-state index in [1.807, 2.05) is 29.1 Å². The van der Waals surface area contributed by atoms with Gasteiger partial charge in [0.15, 0.2) is 0 Å². The van der Waals surface area contributed by atoms with Crippen molar-refractivity contribution >= 4 is 5.82 Å². The topological polar surface area (TPSA) is 33.1 Å². The molecule has 4 nitrogen and oxygen atoms in total. The minimum Gasteiger partial charge on any atom is -0.366 e. The van der Waals surface area contributed by atoms with E-state index in [2.05, 4.69) is 63.8 Å². The number of benzene rings is 2. The van der Waals surface area contributed by atoms with Gasteiger partial charge < -0.3 is 10.2 Å². The summed E-state index contributed by atoms with van der Waals surface area (Å²) >= 11 is 0. The summed E-state index contributed by atoms with van der Waals surface area (Å²) in [5.41, 5.74) is 2.52. The molecule has 26 heavy (non-hydrogen) atoms. The van der Waals surface area contributed by atoms with Gasteiger partial charge in [-0.05, 0) is 37.0 Å². The molecule has 0 spiro atoms. The van der Waals surface area contributed by atoms with E-state index in [0.29, 0.717) is 6.04 Å². The summed E-state index contributed by atoms with van der Waals surface area (Å²) in [6, 6.07) is 23.6. The number of para-hydroxylation sites is 1. The Hall–Kier alpha value is -2.59. The molecule has 0 aliphatic carbocycles. The van der Waals surface area contributed by atoms with Crippen molar-refractivity contribution in [1.82, 2.24) is 14.7 Å². The number of rotatable bonds is 6. The van der Waals surface area contributed by atoms with Crippen LogP contribution in [0.3, 0.4) is 0 Å². The molecule has 0 amide bonds. The maximum Gasteiger partial charge on any atom is 0.148 e. The lowest BCUT2D eigenvalue weighted by atomic mass is 10.0. The van der Waals surface area contributed by atoms with Crippen LogP contribution in [0, 0.1) is 0 Å². The van der Waals surface area contributed by atoms with Crippen molar-refractivity contribution in [3.63, 3.8) is 0 Å². The fraction of sp³-hybridized carbons (Fsp3) is 0.318. The largest absolute Gasteiger partial charge is 0.366 e. The zero-order valence-electron chi connectivity index (χ0n) is 15.1. The van der Waals surface area contributed by atoms with Gasteiger partial charge in [-0.3, -0.25) is 0 Å². The van der Waals surface area contributed by atoms with Gasteiger partial charge in [0.1, 0.15) is 5.82 Å². The van der Waals surface area contributed by atoms with Gasteiger partial charge in [-0.25, -0.2) is 4.68 Å². The maximum absolute atomic E-state index is 4.66. The quantitative estimate of drug-likeness (QED) is 0.732. The molecule has 4 rings (SSSR count). The number of nitrogens with zero attached hydrogens (tertiary/aromatic N) is 3. The van der Waals surface area contributed by atoms with E-state index in [4.69, 9.17) is 0 Å². The summed E-state index contributed by atoms with van der Waals surface area (Å²) in [4.78, 5) is 2.58. The number of hydrogen-bond donors (Lipinski definition) is 1. The van der Waals surface area contributed by atoms with Crippen LogP contribution in [0.4, 0.5) is 5.82 Å². The first-order chi connectivity index (χ1) is 12.9. The maximum atomic E-state index is 4.66. The second kappa shape index (κ2) is 8.19. The van der Waals surface area contributed by atoms with Crippen LogP contribution in [0.15, 0.2) is 72.9 Å². The second-order valence-corrected chi connectivity index (χ2v) is 6.98. The molecule has 1 aliphatic heterocycles. The van der Waals surface area contributed by atoms with Crippen molar-refractivity contribution in [2.24, 2.45) is 0 Å². The van der Waals surface area contributed by atoms with Crippen molar-refractivity contribution in [1.29, 1.82) is 0 Å². The van der Waals surface area contributed by atoms with Gasteiger partial charge in [0, 0.05) is 37.9 Å². The van der Waals surface area contributed by atoms with Crippen LogP contribution in [-0.4, -0.2) is 40.4 Å². The summed E-state index contributed by atoms with van der Waals surface area (Å²) in [6.07, 6.45) is 5.51. The first kappa shape index (κ1) is 16.9. The Balaban J connectivity index is 1.25. The molecule has 4 heteroatoms. The average molecular weight is 346 g/mol. The van der Waals surface area contributed by atoms with E-state index in [0.717, 1.165) is 37.6 Å². The zero-order valence-corrected chi connectivity index (χ0v) is 15.1. The van der Waals surface area contributed by atoms with E-state index < -0.39 is 0 Å². The predicted octanol–water partition coefficient (Wildman–Crippen LogP) is 3.99. The molecule has 0 atom stereocenters. The van der Waals surface area contributed by atoms with Crippen LogP contribution in [0.5, 0.6) is 0 Å². The monoisotopic (exact) mass is 346 g/mol. The first-order valence-corrected chi connectivity index (χ1v) is 9.51. The minimum absolute atomic E-state index is 0.516. The second-order valence-electron chi connectivity index (χ2n) is 6.98. The van der Waals surface area contributed by atoms with Gasteiger partial charge in [0.05, 0.1) is 5.69 Å². The van der Waals surface area contributed by atoms with Crippen molar-refractivity contribution in [3.8, 4) is 5.69 Å². The smallest absolute Gasteiger partial charge is 0.148 e. The van der Waals surface area contributed by atoms with Crippen LogP contribution < -0.4 is 5.32 Å². The number of nitrogens with one attached hydrogen (secondary N) is 1. The fourth-order valence-corrected chi connectivity index (χ4v) is 3.57. The molecule has 1 N–H and O–H groups in total. The van der Waals surface area contributed by atoms with Crippen molar-refractivity contribution in [2.75, 3.05) is 25.0 Å². The lowest BCUT2D eigenvalue weighted by Crippen LogP contribution is -2.40. The molecule has 2 aromatic carbocycles. The predicted molar refractivity (Wildman–Crippen MR) is 107 cm³/mol. The molecule has 134 valence electrons. The molecule has 3 aromatic rings. The number of likely N-dealkylation sites (tertiary alicyclic amines) is 1. The summed E-state index contributed by atoms with van der Waals surface area (Å²) < 4.78 is 1.93. The summed E-state index contributed by atoms with van der Waals surface area (Å²) in [6.45, 7) is 3.47. The highest BCUT2D eigenvalue weighted by molar-refractivity contribution is 5.38. The molecule has 0 radical (unpaired) electrons. The van der Waals surface area contributed by atoms with E-state index in [1.54, 1.807) is 0 Å². The first-order valence-electron chi connectivity index (χ1n) is 9.51. The summed E-state index contributed by atoms with van der Waals surface area (Å²) in [5.74, 6) is 0.969. The molecule has 0 bridgehead atoms. The molecule has 1 aromatic heterocycles. The molecule has 1 aliphatic rings. The Kier molecular flexibility index (Phi) is 5.31. The molecule has 1 fully saturated rings. The Bertz CT molecular complexity index is 789. The number of anilines is 1. The van der Waals surface area contributed by atoms with Crippen LogP contribution in [0.25, 0.3) is 5.69 Å². The van der Waals surface area contributed by atoms with E-state index in [9.17, 15) is 0 Å². The molecule has 1 saturated heterocycles. The minimum atomic E-state index is 0.516. The standard InChI is InChI=1S/C22H26N4/c1-3-7-19(8-4-1)11-15-25-16-12-20(13-17-25)23-22-14-18-26(24-22)21-9-5-2-6-10-21/h1-10,14,18,20H,11-13,15-17H2,(H,23,24). The summed E-state index contributed by atoms with van der Waals surface area (Å²) in [5, 5.41) is 8.27. The van der Waals surface area contributed by atoms with Crippen molar-refractivity contribution < 1.29 is 0 Å². The SMILES string of the molecule is c1ccc(CCN2CCC(Nc3ccn(-c4ccccc4)n3)CC2)cc1. The third-order valence-corrected chi connectivity index (χ3v) is 5.11. The molecular weight excluding hydrogens is 320 g/mol. The lowest BCUT2D eigenvalue weighted by Gasteiger charge is -2.32. The number of piperidine rings is 1. The van der Waals surface area contributed by atoms with Gasteiger partial charge in [-0.2, -0.15) is 5.10 Å². The Labute approximate surface area is 155 Å². The van der Waals surface area contributed by atoms with Gasteiger partial charge in [0.2, 0.25) is 0 Å². The third-order valence-electron chi connectivity index (χ3n) is 5.11. The highest BCUT2D eigenvalue weighted by Gasteiger charge is 2.19. The molecule has 0 unspecified atom stereocenters.